The molecule has 0 bridgehead atoms. The Balaban J connectivity index is 0.000000291. The molecule has 3 nitrogen and oxygen atoms in total. The van der Waals surface area contributed by atoms with E-state index in [0.717, 1.165) is 24.0 Å². The summed E-state index contributed by atoms with van der Waals surface area (Å²) in [6, 6.07) is 0. The van der Waals surface area contributed by atoms with Crippen LogP contribution in [0.5, 0.6) is 0 Å². The third kappa shape index (κ3) is 7.54. The molecule has 0 radical (unpaired) electrons. The van der Waals surface area contributed by atoms with Crippen LogP contribution in [0.4, 0.5) is 0 Å². The molecule has 1 unspecified atom stereocenters. The Hall–Kier alpha value is -1.74. The number of ketones is 2. The average Bonchev–Trinajstić information content (AvgIpc) is 2.57. The Morgan fingerprint density at radius 2 is 1.38 bits per heavy atom. The van der Waals surface area contributed by atoms with E-state index in [-0.39, 0.29) is 28.5 Å². The van der Waals surface area contributed by atoms with Crippen molar-refractivity contribution in [3.05, 3.63) is 46.6 Å². The molecule has 1 N–H and O–H groups in total. The topological polar surface area (TPSA) is 54.4 Å². The fourth-order valence-electron chi connectivity index (χ4n) is 4.33. The van der Waals surface area contributed by atoms with Crippen LogP contribution in [0.15, 0.2) is 46.6 Å². The summed E-state index contributed by atoms with van der Waals surface area (Å²) in [5, 5.41) is 9.77. The average molecular weight is 401 g/mol. The maximum atomic E-state index is 10.9. The minimum atomic E-state index is -0.343. The molecule has 2 aliphatic carbocycles. The fourth-order valence-corrected chi connectivity index (χ4v) is 4.33. The Bertz CT molecular complexity index is 742. The van der Waals surface area contributed by atoms with Crippen molar-refractivity contribution in [3.8, 4) is 0 Å². The van der Waals surface area contributed by atoms with Gasteiger partial charge in [-0.15, -0.1) is 0 Å². The van der Waals surface area contributed by atoms with Crippen molar-refractivity contribution in [3.63, 3.8) is 0 Å². The number of carbonyl (C=O) groups excluding carboxylic acids is 2. The summed E-state index contributed by atoms with van der Waals surface area (Å²) in [4.78, 5) is 21.8. The second-order valence-electron chi connectivity index (χ2n) is 9.85. The lowest BCUT2D eigenvalue weighted by molar-refractivity contribution is -0.113. The van der Waals surface area contributed by atoms with Crippen molar-refractivity contribution < 1.29 is 14.7 Å². The van der Waals surface area contributed by atoms with Crippen molar-refractivity contribution in [1.29, 1.82) is 0 Å². The predicted molar refractivity (Wildman–Crippen MR) is 122 cm³/mol. The highest BCUT2D eigenvalue weighted by molar-refractivity contribution is 5.88. The van der Waals surface area contributed by atoms with E-state index in [1.807, 2.05) is 19.1 Å². The van der Waals surface area contributed by atoms with Gasteiger partial charge in [-0.1, -0.05) is 45.4 Å². The van der Waals surface area contributed by atoms with Crippen molar-refractivity contribution in [2.45, 2.75) is 93.6 Å². The molecule has 0 saturated heterocycles. The smallest absolute Gasteiger partial charge is 0.152 e. The molecule has 2 rings (SSSR count). The van der Waals surface area contributed by atoms with Crippen LogP contribution in [0.25, 0.3) is 0 Å². The maximum absolute atomic E-state index is 10.9. The zero-order valence-corrected chi connectivity index (χ0v) is 19.7. The van der Waals surface area contributed by atoms with Gasteiger partial charge in [0.1, 0.15) is 0 Å². The number of rotatable bonds is 4. The highest BCUT2D eigenvalue weighted by atomic mass is 16.3. The lowest BCUT2D eigenvalue weighted by Crippen LogP contribution is -2.27. The van der Waals surface area contributed by atoms with Crippen molar-refractivity contribution >= 4 is 11.6 Å². The Morgan fingerprint density at radius 3 is 1.86 bits per heavy atom. The van der Waals surface area contributed by atoms with Crippen LogP contribution in [-0.2, 0) is 9.59 Å². The van der Waals surface area contributed by atoms with E-state index in [1.165, 1.54) is 30.4 Å². The van der Waals surface area contributed by atoms with Gasteiger partial charge in [-0.05, 0) is 99.5 Å². The summed E-state index contributed by atoms with van der Waals surface area (Å²) in [5.74, 6) is 0.179. The van der Waals surface area contributed by atoms with Crippen molar-refractivity contribution in [2.75, 3.05) is 0 Å². The van der Waals surface area contributed by atoms with Gasteiger partial charge in [0, 0.05) is 0 Å². The molecule has 1 atom stereocenters. The number of hydrogen-bond acceptors (Lipinski definition) is 3. The summed E-state index contributed by atoms with van der Waals surface area (Å²) < 4.78 is 0. The van der Waals surface area contributed by atoms with Gasteiger partial charge in [-0.2, -0.15) is 0 Å². The highest BCUT2D eigenvalue weighted by Crippen LogP contribution is 2.41. The van der Waals surface area contributed by atoms with Crippen LogP contribution in [-0.4, -0.2) is 22.8 Å². The first-order valence-electron chi connectivity index (χ1n) is 10.7. The Morgan fingerprint density at radius 1 is 0.897 bits per heavy atom. The summed E-state index contributed by atoms with van der Waals surface area (Å²) >= 11 is 0. The number of carbonyl (C=O) groups is 2. The normalized spacial score (nSPS) is 24.0. The van der Waals surface area contributed by atoms with E-state index in [9.17, 15) is 14.7 Å². The molecule has 0 aromatic carbocycles. The first-order valence-corrected chi connectivity index (χ1v) is 10.7. The van der Waals surface area contributed by atoms with Gasteiger partial charge in [-0.25, -0.2) is 0 Å². The molecule has 0 saturated carbocycles. The van der Waals surface area contributed by atoms with Gasteiger partial charge in [0.25, 0.3) is 0 Å². The first kappa shape index (κ1) is 25.3. The van der Waals surface area contributed by atoms with Crippen LogP contribution in [0.2, 0.25) is 0 Å². The summed E-state index contributed by atoms with van der Waals surface area (Å²) in [7, 11) is 0. The number of aliphatic hydroxyl groups is 1. The second-order valence-corrected chi connectivity index (χ2v) is 9.85. The lowest BCUT2D eigenvalue weighted by Gasteiger charge is -2.35. The van der Waals surface area contributed by atoms with Gasteiger partial charge in [0.05, 0.1) is 6.10 Å². The van der Waals surface area contributed by atoms with E-state index >= 15 is 0 Å². The SMILES string of the molecule is CC(=O)/C=C/C1=C(C)C(O)CCC1(C)C.CC(=O)/C=C/C1=C(C)CCCC1(C)C. The largest absolute Gasteiger partial charge is 0.389 e. The lowest BCUT2D eigenvalue weighted by atomic mass is 9.71. The molecule has 162 valence electrons. The standard InChI is InChI=1S/C13H20O2.C13H20O/c1-9(14)5-6-11-10(2)12(15)7-8-13(11,3)4;1-10-6-5-9-13(3,4)12(10)8-7-11(2)14/h5-6,12,15H,7-8H2,1-4H3;7-8H,5-6,9H2,1-4H3/b6-5+;8-7+. The fraction of sp³-hybridized carbons (Fsp3) is 0.615. The van der Waals surface area contributed by atoms with E-state index < -0.39 is 0 Å². The molecule has 0 heterocycles. The molecule has 0 fully saturated rings. The summed E-state index contributed by atoms with van der Waals surface area (Å²) in [6.07, 6.45) is 12.3. The van der Waals surface area contributed by atoms with Crippen LogP contribution in [0, 0.1) is 10.8 Å². The van der Waals surface area contributed by atoms with Crippen molar-refractivity contribution in [2.24, 2.45) is 10.8 Å². The van der Waals surface area contributed by atoms with Gasteiger partial charge in [0.15, 0.2) is 11.6 Å². The molecule has 3 heteroatoms. The monoisotopic (exact) mass is 400 g/mol. The number of allylic oxidation sites excluding steroid dienone is 7. The summed E-state index contributed by atoms with van der Waals surface area (Å²) in [5.41, 5.74) is 5.22. The second kappa shape index (κ2) is 10.3. The third-order valence-corrected chi connectivity index (χ3v) is 6.21. The van der Waals surface area contributed by atoms with Crippen LogP contribution >= 0.6 is 0 Å². The Labute approximate surface area is 177 Å². The van der Waals surface area contributed by atoms with Crippen LogP contribution < -0.4 is 0 Å². The quantitative estimate of drug-likeness (QED) is 0.564. The predicted octanol–water partition coefficient (Wildman–Crippen LogP) is 6.29. The zero-order valence-electron chi connectivity index (χ0n) is 19.7. The minimum Gasteiger partial charge on any atom is -0.389 e. The molecule has 0 aromatic heterocycles. The van der Waals surface area contributed by atoms with Crippen LogP contribution in [0.1, 0.15) is 87.5 Å². The van der Waals surface area contributed by atoms with E-state index in [0.29, 0.717) is 0 Å². The minimum absolute atomic E-state index is 0.0474. The molecule has 0 spiro atoms. The molecule has 0 amide bonds. The number of aliphatic hydroxyl groups excluding tert-OH is 1. The molecule has 0 aliphatic heterocycles. The van der Waals surface area contributed by atoms with Gasteiger partial charge in [0.2, 0.25) is 0 Å². The molecule has 29 heavy (non-hydrogen) atoms. The highest BCUT2D eigenvalue weighted by Gasteiger charge is 2.30. The molecule has 2 aliphatic rings. The van der Waals surface area contributed by atoms with Crippen LogP contribution in [0.3, 0.4) is 0 Å². The van der Waals surface area contributed by atoms with Gasteiger partial charge in [-0.3, -0.25) is 9.59 Å². The number of hydrogen-bond donors (Lipinski definition) is 1. The summed E-state index contributed by atoms with van der Waals surface area (Å²) in [6.45, 7) is 16.1. The van der Waals surface area contributed by atoms with E-state index in [2.05, 4.69) is 34.6 Å². The van der Waals surface area contributed by atoms with E-state index in [1.54, 1.807) is 26.0 Å². The van der Waals surface area contributed by atoms with Gasteiger partial charge < -0.3 is 5.11 Å². The Kier molecular flexibility index (Phi) is 9.02. The maximum Gasteiger partial charge on any atom is 0.152 e. The van der Waals surface area contributed by atoms with Gasteiger partial charge >= 0.3 is 0 Å². The van der Waals surface area contributed by atoms with Crippen molar-refractivity contribution in [1.82, 2.24) is 0 Å². The molecule has 0 aromatic rings. The molecular formula is C26H40O3. The third-order valence-electron chi connectivity index (χ3n) is 6.21. The zero-order chi connectivity index (χ0) is 22.4. The first-order chi connectivity index (χ1) is 13.3. The van der Waals surface area contributed by atoms with E-state index in [4.69, 9.17) is 0 Å². The molecular weight excluding hydrogens is 360 g/mol.